The van der Waals surface area contributed by atoms with Crippen molar-refractivity contribution < 1.29 is 16.8 Å². The minimum atomic E-state index is -3.48. The average Bonchev–Trinajstić information content (AvgIpc) is 2.53. The zero-order chi connectivity index (χ0) is 17.1. The molecule has 0 bridgehead atoms. The first-order valence-corrected chi connectivity index (χ1v) is 11.2. The van der Waals surface area contributed by atoms with E-state index >= 15 is 0 Å². The van der Waals surface area contributed by atoms with Crippen molar-refractivity contribution in [3.8, 4) is 0 Å². The van der Waals surface area contributed by atoms with Crippen LogP contribution in [0, 0.1) is 0 Å². The van der Waals surface area contributed by atoms with E-state index in [4.69, 9.17) is 0 Å². The second-order valence-corrected chi connectivity index (χ2v) is 10.2. The average molecular weight is 369 g/mol. The summed E-state index contributed by atoms with van der Waals surface area (Å²) >= 11 is 0. The lowest BCUT2D eigenvalue weighted by molar-refractivity contribution is 0.201. The van der Waals surface area contributed by atoms with E-state index in [0.29, 0.717) is 19.5 Å². The normalized spacial score (nSPS) is 24.1. The van der Waals surface area contributed by atoms with Crippen molar-refractivity contribution in [2.75, 3.05) is 65.2 Å². The molecule has 2 rings (SSSR count). The predicted octanol–water partition coefficient (Wildman–Crippen LogP) is -0.774. The van der Waals surface area contributed by atoms with Crippen LogP contribution in [0.1, 0.15) is 19.8 Å². The summed E-state index contributed by atoms with van der Waals surface area (Å²) < 4.78 is 54.0. The third-order valence-electron chi connectivity index (χ3n) is 4.46. The van der Waals surface area contributed by atoms with E-state index in [1.807, 2.05) is 14.0 Å². The van der Waals surface area contributed by atoms with Gasteiger partial charge in [0.05, 0.1) is 5.75 Å². The van der Waals surface area contributed by atoms with Crippen LogP contribution in [0.15, 0.2) is 0 Å². The van der Waals surface area contributed by atoms with Gasteiger partial charge < -0.3 is 4.90 Å². The van der Waals surface area contributed by atoms with Crippen LogP contribution in [0.4, 0.5) is 0 Å². The van der Waals surface area contributed by atoms with Gasteiger partial charge in [0.2, 0.25) is 10.0 Å². The molecule has 0 aromatic heterocycles. The molecular formula is C13H28N4O4S2. The SMILES string of the molecule is CCCCS(=O)(=O)N1CCN(S(=O)(=O)N2CCN(C)CC2)CC1. The Kier molecular flexibility index (Phi) is 6.42. The molecule has 2 aliphatic heterocycles. The van der Waals surface area contributed by atoms with Gasteiger partial charge in [0.1, 0.15) is 0 Å². The van der Waals surface area contributed by atoms with Crippen LogP contribution in [-0.4, -0.2) is 99.8 Å². The van der Waals surface area contributed by atoms with Crippen LogP contribution >= 0.6 is 0 Å². The van der Waals surface area contributed by atoms with E-state index < -0.39 is 20.2 Å². The van der Waals surface area contributed by atoms with E-state index in [0.717, 1.165) is 19.5 Å². The number of hydrogen-bond acceptors (Lipinski definition) is 5. The summed E-state index contributed by atoms with van der Waals surface area (Å²) in [6.45, 7) is 5.37. The summed E-state index contributed by atoms with van der Waals surface area (Å²) in [4.78, 5) is 2.10. The molecule has 0 radical (unpaired) electrons. The minimum absolute atomic E-state index is 0.148. The molecule has 0 aromatic rings. The maximum absolute atomic E-state index is 12.6. The van der Waals surface area contributed by atoms with Crippen molar-refractivity contribution in [2.45, 2.75) is 19.8 Å². The van der Waals surface area contributed by atoms with Crippen molar-refractivity contribution in [3.05, 3.63) is 0 Å². The van der Waals surface area contributed by atoms with Gasteiger partial charge in [0, 0.05) is 52.4 Å². The molecule has 0 aliphatic carbocycles. The molecule has 0 aromatic carbocycles. The van der Waals surface area contributed by atoms with E-state index in [-0.39, 0.29) is 31.9 Å². The standard InChI is InChI=1S/C13H28N4O4S2/c1-3-4-13-22(18,19)15-9-11-17(12-10-15)23(20,21)16-7-5-14(2)6-8-16/h3-13H2,1-2H3. The number of nitrogens with zero attached hydrogens (tertiary/aromatic N) is 4. The highest BCUT2D eigenvalue weighted by Gasteiger charge is 2.36. The molecule has 136 valence electrons. The molecule has 2 heterocycles. The van der Waals surface area contributed by atoms with Crippen LogP contribution in [0.2, 0.25) is 0 Å². The topological polar surface area (TPSA) is 81.2 Å². The zero-order valence-electron chi connectivity index (χ0n) is 14.0. The van der Waals surface area contributed by atoms with Crippen LogP contribution in [0.5, 0.6) is 0 Å². The Hall–Kier alpha value is -0.260. The van der Waals surface area contributed by atoms with Crippen molar-refractivity contribution in [2.24, 2.45) is 0 Å². The smallest absolute Gasteiger partial charge is 0.282 e. The van der Waals surface area contributed by atoms with E-state index in [1.165, 1.54) is 12.9 Å². The second kappa shape index (κ2) is 7.75. The first-order chi connectivity index (χ1) is 10.8. The molecule has 10 heteroatoms. The molecular weight excluding hydrogens is 340 g/mol. The lowest BCUT2D eigenvalue weighted by Gasteiger charge is -2.38. The summed E-state index contributed by atoms with van der Waals surface area (Å²) in [5, 5.41) is 0. The van der Waals surface area contributed by atoms with Crippen LogP contribution in [-0.2, 0) is 20.2 Å². The Morgan fingerprint density at radius 1 is 0.739 bits per heavy atom. The van der Waals surface area contributed by atoms with Gasteiger partial charge in [-0.15, -0.1) is 0 Å². The monoisotopic (exact) mass is 368 g/mol. The number of hydrogen-bond donors (Lipinski definition) is 0. The molecule has 0 amide bonds. The van der Waals surface area contributed by atoms with Gasteiger partial charge in [-0.25, -0.2) is 8.42 Å². The highest BCUT2D eigenvalue weighted by molar-refractivity contribution is 7.89. The Balaban J connectivity index is 1.93. The summed E-state index contributed by atoms with van der Waals surface area (Å²) in [6.07, 6.45) is 1.47. The highest BCUT2D eigenvalue weighted by Crippen LogP contribution is 2.16. The van der Waals surface area contributed by atoms with E-state index in [9.17, 15) is 16.8 Å². The summed E-state index contributed by atoms with van der Waals surface area (Å²) in [7, 11) is -4.75. The highest BCUT2D eigenvalue weighted by atomic mass is 32.2. The van der Waals surface area contributed by atoms with Gasteiger partial charge >= 0.3 is 0 Å². The molecule has 8 nitrogen and oxygen atoms in total. The summed E-state index contributed by atoms with van der Waals surface area (Å²) in [6, 6.07) is 0. The number of likely N-dealkylation sites (N-methyl/N-ethyl adjacent to an activating group) is 1. The van der Waals surface area contributed by atoms with Crippen LogP contribution in [0.3, 0.4) is 0 Å². The third kappa shape index (κ3) is 4.64. The lowest BCUT2D eigenvalue weighted by Crippen LogP contribution is -2.57. The van der Waals surface area contributed by atoms with Gasteiger partial charge in [-0.3, -0.25) is 0 Å². The fourth-order valence-electron chi connectivity index (χ4n) is 2.82. The first kappa shape index (κ1) is 19.1. The fourth-order valence-corrected chi connectivity index (χ4v) is 6.02. The Labute approximate surface area is 140 Å². The Bertz CT molecular complexity index is 577. The second-order valence-electron chi connectivity index (χ2n) is 6.18. The van der Waals surface area contributed by atoms with Crippen LogP contribution < -0.4 is 0 Å². The zero-order valence-corrected chi connectivity index (χ0v) is 15.6. The molecule has 23 heavy (non-hydrogen) atoms. The van der Waals surface area contributed by atoms with Crippen molar-refractivity contribution >= 4 is 20.2 Å². The van der Waals surface area contributed by atoms with Gasteiger partial charge in [-0.1, -0.05) is 13.3 Å². The summed E-state index contributed by atoms with van der Waals surface area (Å²) in [5.41, 5.74) is 0. The number of rotatable bonds is 6. The van der Waals surface area contributed by atoms with Crippen molar-refractivity contribution in [1.29, 1.82) is 0 Å². The van der Waals surface area contributed by atoms with E-state index in [1.54, 1.807) is 0 Å². The number of piperazine rings is 2. The molecule has 2 saturated heterocycles. The number of sulfonamides is 1. The quantitative estimate of drug-likeness (QED) is 0.615. The molecule has 2 fully saturated rings. The van der Waals surface area contributed by atoms with Crippen molar-refractivity contribution in [1.82, 2.24) is 17.8 Å². The maximum atomic E-state index is 12.6. The molecule has 2 aliphatic rings. The predicted molar refractivity (Wildman–Crippen MR) is 89.8 cm³/mol. The molecule has 0 saturated carbocycles. The van der Waals surface area contributed by atoms with Gasteiger partial charge in [-0.05, 0) is 13.5 Å². The molecule has 0 unspecified atom stereocenters. The molecule has 0 spiro atoms. The lowest BCUT2D eigenvalue weighted by atomic mass is 10.4. The maximum Gasteiger partial charge on any atom is 0.282 e. The van der Waals surface area contributed by atoms with Gasteiger partial charge in [0.15, 0.2) is 0 Å². The van der Waals surface area contributed by atoms with Crippen LogP contribution in [0.25, 0.3) is 0 Å². The fraction of sp³-hybridized carbons (Fsp3) is 1.00. The minimum Gasteiger partial charge on any atom is -0.304 e. The Morgan fingerprint density at radius 3 is 1.65 bits per heavy atom. The number of unbranched alkanes of at least 4 members (excludes halogenated alkanes) is 1. The largest absolute Gasteiger partial charge is 0.304 e. The van der Waals surface area contributed by atoms with Crippen molar-refractivity contribution in [3.63, 3.8) is 0 Å². The van der Waals surface area contributed by atoms with Gasteiger partial charge in [0.25, 0.3) is 10.2 Å². The molecule has 0 N–H and O–H groups in total. The first-order valence-electron chi connectivity index (χ1n) is 8.19. The molecule has 0 atom stereocenters. The third-order valence-corrected chi connectivity index (χ3v) is 8.45. The summed E-state index contributed by atoms with van der Waals surface area (Å²) in [5.74, 6) is 0.148. The van der Waals surface area contributed by atoms with E-state index in [2.05, 4.69) is 4.90 Å². The van der Waals surface area contributed by atoms with Gasteiger partial charge in [-0.2, -0.15) is 21.3 Å². The Morgan fingerprint density at radius 2 is 1.17 bits per heavy atom.